The lowest BCUT2D eigenvalue weighted by molar-refractivity contribution is -0.140. The van der Waals surface area contributed by atoms with Gasteiger partial charge in [-0.1, -0.05) is 38.1 Å². The Balaban J connectivity index is 1.19. The highest BCUT2D eigenvalue weighted by Crippen LogP contribution is 2.59. The minimum atomic E-state index is -0.359. The van der Waals surface area contributed by atoms with Crippen molar-refractivity contribution in [2.24, 2.45) is 17.8 Å². The fourth-order valence-corrected chi connectivity index (χ4v) is 5.49. The quantitative estimate of drug-likeness (QED) is 0.832. The average molecular weight is 384 g/mol. The van der Waals surface area contributed by atoms with E-state index in [1.165, 1.54) is 11.1 Å². The third-order valence-electron chi connectivity index (χ3n) is 7.42. The summed E-state index contributed by atoms with van der Waals surface area (Å²) < 4.78 is 5.00. The highest BCUT2D eigenvalue weighted by molar-refractivity contribution is 5.82. The van der Waals surface area contributed by atoms with Gasteiger partial charge in [-0.2, -0.15) is 0 Å². The van der Waals surface area contributed by atoms with Gasteiger partial charge in [0.05, 0.1) is 12.1 Å². The number of carbonyl (C=O) groups is 2. The zero-order valence-electron chi connectivity index (χ0n) is 16.5. The number of alkyl carbamates (subject to hydrolysis) is 1. The number of amides is 2. The molecule has 0 bridgehead atoms. The number of ether oxygens (including phenoxy) is 1. The second-order valence-corrected chi connectivity index (χ2v) is 9.85. The van der Waals surface area contributed by atoms with E-state index in [9.17, 15) is 14.7 Å². The number of hydrogen-bond donors (Lipinski definition) is 2. The van der Waals surface area contributed by atoms with Crippen molar-refractivity contribution in [3.8, 4) is 0 Å². The van der Waals surface area contributed by atoms with E-state index < -0.39 is 0 Å². The minimum absolute atomic E-state index is 0.0200. The SMILES string of the molecule is CC(C)(CO)c1cccc([C@H]2[C@@H]3CN(C(=O)[C@H]4C[C@]5(COC(=O)N5)C4)C[C@@H]32)c1. The van der Waals surface area contributed by atoms with Gasteiger partial charge in [0, 0.05) is 24.4 Å². The van der Waals surface area contributed by atoms with Crippen LogP contribution in [0.4, 0.5) is 4.79 Å². The van der Waals surface area contributed by atoms with Crippen LogP contribution in [0.2, 0.25) is 0 Å². The average Bonchev–Trinajstić information content (AvgIpc) is 2.98. The number of likely N-dealkylation sites (tertiary alicyclic amines) is 1. The first-order valence-electron chi connectivity index (χ1n) is 10.3. The van der Waals surface area contributed by atoms with Crippen molar-refractivity contribution in [2.45, 2.75) is 43.6 Å². The molecule has 0 radical (unpaired) electrons. The number of cyclic esters (lactones) is 1. The fraction of sp³-hybridized carbons (Fsp3) is 0.636. The Labute approximate surface area is 165 Å². The lowest BCUT2D eigenvalue weighted by atomic mass is 9.68. The third-order valence-corrected chi connectivity index (χ3v) is 7.42. The van der Waals surface area contributed by atoms with E-state index in [4.69, 9.17) is 4.74 Å². The number of fused-ring (bicyclic) bond motifs is 1. The first-order chi connectivity index (χ1) is 13.3. The highest BCUT2D eigenvalue weighted by atomic mass is 16.6. The number of benzene rings is 1. The van der Waals surface area contributed by atoms with Crippen LogP contribution in [0.5, 0.6) is 0 Å². The molecule has 0 unspecified atom stereocenters. The fourth-order valence-electron chi connectivity index (χ4n) is 5.49. The Morgan fingerprint density at radius 1 is 1.32 bits per heavy atom. The minimum Gasteiger partial charge on any atom is -0.447 e. The molecule has 1 aromatic rings. The molecule has 2 heterocycles. The third kappa shape index (κ3) is 2.72. The summed E-state index contributed by atoms with van der Waals surface area (Å²) in [6.45, 7) is 6.32. The van der Waals surface area contributed by atoms with Crippen LogP contribution in [0.1, 0.15) is 43.7 Å². The van der Waals surface area contributed by atoms with Gasteiger partial charge in [0.2, 0.25) is 5.91 Å². The number of aliphatic hydroxyl groups excluding tert-OH is 1. The van der Waals surface area contributed by atoms with Gasteiger partial charge in [0.1, 0.15) is 6.61 Å². The van der Waals surface area contributed by atoms with Gasteiger partial charge >= 0.3 is 6.09 Å². The molecule has 2 saturated heterocycles. The Morgan fingerprint density at radius 2 is 2.04 bits per heavy atom. The predicted molar refractivity (Wildman–Crippen MR) is 103 cm³/mol. The van der Waals surface area contributed by atoms with Crippen LogP contribution in [-0.4, -0.2) is 53.8 Å². The summed E-state index contributed by atoms with van der Waals surface area (Å²) in [6, 6.07) is 8.60. The molecule has 2 aliphatic heterocycles. The van der Waals surface area contributed by atoms with Crippen molar-refractivity contribution in [1.29, 1.82) is 0 Å². The van der Waals surface area contributed by atoms with Crippen LogP contribution >= 0.6 is 0 Å². The van der Waals surface area contributed by atoms with E-state index in [0.29, 0.717) is 37.2 Å². The van der Waals surface area contributed by atoms with Gasteiger partial charge in [-0.25, -0.2) is 4.79 Å². The number of hydrogen-bond acceptors (Lipinski definition) is 4. The zero-order valence-corrected chi connectivity index (χ0v) is 16.5. The molecule has 2 aliphatic carbocycles. The van der Waals surface area contributed by atoms with Crippen LogP contribution in [0.15, 0.2) is 24.3 Å². The molecule has 4 fully saturated rings. The Kier molecular flexibility index (Phi) is 3.83. The van der Waals surface area contributed by atoms with Crippen LogP contribution in [0.25, 0.3) is 0 Å². The lowest BCUT2D eigenvalue weighted by Crippen LogP contribution is -2.58. The van der Waals surface area contributed by atoms with Crippen molar-refractivity contribution in [3.05, 3.63) is 35.4 Å². The van der Waals surface area contributed by atoms with E-state index in [-0.39, 0.29) is 35.5 Å². The molecule has 5 rings (SSSR count). The summed E-state index contributed by atoms with van der Waals surface area (Å²) in [5.74, 6) is 1.91. The summed E-state index contributed by atoms with van der Waals surface area (Å²) in [4.78, 5) is 26.1. The first-order valence-corrected chi connectivity index (χ1v) is 10.3. The molecule has 6 heteroatoms. The molecule has 6 nitrogen and oxygen atoms in total. The number of piperidine rings is 1. The lowest BCUT2D eigenvalue weighted by Gasteiger charge is -2.43. The van der Waals surface area contributed by atoms with E-state index >= 15 is 0 Å². The van der Waals surface area contributed by atoms with E-state index in [2.05, 4.69) is 43.4 Å². The number of aliphatic hydroxyl groups is 1. The van der Waals surface area contributed by atoms with Gasteiger partial charge in [-0.15, -0.1) is 0 Å². The molecule has 4 aliphatic rings. The second-order valence-electron chi connectivity index (χ2n) is 9.85. The highest BCUT2D eigenvalue weighted by Gasteiger charge is 2.59. The van der Waals surface area contributed by atoms with Crippen LogP contribution in [0.3, 0.4) is 0 Å². The number of nitrogens with one attached hydrogen (secondary N) is 1. The number of nitrogens with zero attached hydrogens (tertiary/aromatic N) is 1. The van der Waals surface area contributed by atoms with Gasteiger partial charge in [-0.05, 0) is 41.7 Å². The van der Waals surface area contributed by atoms with E-state index in [1.54, 1.807) is 0 Å². The van der Waals surface area contributed by atoms with Crippen molar-refractivity contribution in [1.82, 2.24) is 10.2 Å². The molecular formula is C22H28N2O4. The largest absolute Gasteiger partial charge is 0.447 e. The van der Waals surface area contributed by atoms with Gasteiger partial charge < -0.3 is 20.1 Å². The van der Waals surface area contributed by atoms with Gasteiger partial charge in [0.25, 0.3) is 0 Å². The van der Waals surface area contributed by atoms with Crippen molar-refractivity contribution >= 4 is 12.0 Å². The Hall–Kier alpha value is -2.08. The van der Waals surface area contributed by atoms with Crippen molar-refractivity contribution in [3.63, 3.8) is 0 Å². The predicted octanol–water partition coefficient (Wildman–Crippen LogP) is 2.02. The zero-order chi connectivity index (χ0) is 19.7. The van der Waals surface area contributed by atoms with Crippen molar-refractivity contribution < 1.29 is 19.4 Å². The number of rotatable bonds is 4. The van der Waals surface area contributed by atoms with Crippen LogP contribution in [0, 0.1) is 17.8 Å². The molecule has 1 spiro atoms. The molecule has 3 atom stereocenters. The second kappa shape index (κ2) is 5.96. The summed E-state index contributed by atoms with van der Waals surface area (Å²) in [5.41, 5.74) is 1.99. The molecule has 0 aromatic heterocycles. The number of carbonyl (C=O) groups excluding carboxylic acids is 2. The molecular weight excluding hydrogens is 356 g/mol. The van der Waals surface area contributed by atoms with E-state index in [0.717, 1.165) is 13.1 Å². The maximum atomic E-state index is 12.8. The topological polar surface area (TPSA) is 78.9 Å². The maximum Gasteiger partial charge on any atom is 0.407 e. The Morgan fingerprint density at radius 3 is 2.64 bits per heavy atom. The van der Waals surface area contributed by atoms with Gasteiger partial charge in [-0.3, -0.25) is 4.79 Å². The summed E-state index contributed by atoms with van der Waals surface area (Å²) >= 11 is 0. The summed E-state index contributed by atoms with van der Waals surface area (Å²) in [5, 5.41) is 12.5. The summed E-state index contributed by atoms with van der Waals surface area (Å²) in [6.07, 6.45) is 1.04. The smallest absolute Gasteiger partial charge is 0.407 e. The van der Waals surface area contributed by atoms with Crippen LogP contribution < -0.4 is 5.32 Å². The summed E-state index contributed by atoms with van der Waals surface area (Å²) in [7, 11) is 0. The van der Waals surface area contributed by atoms with E-state index in [1.807, 2.05) is 4.90 Å². The molecule has 2 N–H and O–H groups in total. The molecule has 150 valence electrons. The Bertz CT molecular complexity index is 818. The van der Waals surface area contributed by atoms with Crippen molar-refractivity contribution in [2.75, 3.05) is 26.3 Å². The molecule has 2 amide bonds. The normalized spacial score (nSPS) is 36.0. The molecule has 1 aromatic carbocycles. The monoisotopic (exact) mass is 384 g/mol. The molecule has 2 saturated carbocycles. The standard InChI is InChI=1S/C22H28N2O4/c1-21(2,11-25)15-5-3-4-13(6-15)18-16-9-24(10-17(16)18)19(26)14-7-22(8-14)12-28-20(27)23-22/h3-6,14,16-18,25H,7-12H2,1-2H3,(H,23,27)/t14-,16-,17+,18+,22+. The molecule has 28 heavy (non-hydrogen) atoms. The van der Waals surface area contributed by atoms with Crippen LogP contribution in [-0.2, 0) is 14.9 Å². The van der Waals surface area contributed by atoms with Gasteiger partial charge in [0.15, 0.2) is 0 Å². The maximum absolute atomic E-state index is 12.8. The first kappa shape index (κ1) is 18.0.